The Morgan fingerprint density at radius 3 is 2.48 bits per heavy atom. The van der Waals surface area contributed by atoms with Crippen LogP contribution < -0.4 is 20.3 Å². The number of ether oxygens (including phenoxy) is 1. The van der Waals surface area contributed by atoms with Crippen LogP contribution in [0.25, 0.3) is 10.4 Å². The molecule has 0 atom stereocenters. The third-order valence-corrected chi connectivity index (χ3v) is 8.88. The van der Waals surface area contributed by atoms with E-state index in [2.05, 4.69) is 25.2 Å². The maximum absolute atomic E-state index is 13.3. The lowest BCUT2D eigenvalue weighted by Crippen LogP contribution is -2.40. The zero-order valence-corrected chi connectivity index (χ0v) is 24.1. The van der Waals surface area contributed by atoms with Gasteiger partial charge in [0.2, 0.25) is 10.0 Å². The van der Waals surface area contributed by atoms with Crippen molar-refractivity contribution in [2.24, 2.45) is 0 Å². The summed E-state index contributed by atoms with van der Waals surface area (Å²) >= 11 is 1.35. The van der Waals surface area contributed by atoms with Gasteiger partial charge in [0.05, 0.1) is 9.77 Å². The Labute approximate surface area is 237 Å². The van der Waals surface area contributed by atoms with Crippen LogP contribution in [0.15, 0.2) is 59.6 Å². The van der Waals surface area contributed by atoms with Crippen LogP contribution in [0.2, 0.25) is 0 Å². The van der Waals surface area contributed by atoms with Crippen molar-refractivity contribution < 1.29 is 27.9 Å². The Morgan fingerprint density at radius 1 is 1.12 bits per heavy atom. The number of carbonyl (C=O) groups excluding carboxylic acids is 1. The maximum atomic E-state index is 13.3. The van der Waals surface area contributed by atoms with E-state index in [1.165, 1.54) is 23.5 Å². The maximum Gasteiger partial charge on any atom is 0.409 e. The average Bonchev–Trinajstić information content (AvgIpc) is 3.37. The lowest BCUT2D eigenvalue weighted by atomic mass is 10.1. The van der Waals surface area contributed by atoms with Crippen LogP contribution in [-0.4, -0.2) is 55.4 Å². The van der Waals surface area contributed by atoms with Crippen LogP contribution in [0.1, 0.15) is 39.2 Å². The molecule has 0 saturated carbocycles. The van der Waals surface area contributed by atoms with Gasteiger partial charge in [0.15, 0.2) is 5.13 Å². The molecule has 2 amide bonds. The second kappa shape index (κ2) is 12.2. The molecule has 0 radical (unpaired) electrons. The quantitative estimate of drug-likeness (QED) is 0.292. The molecule has 4 N–H and O–H groups in total. The van der Waals surface area contributed by atoms with Crippen molar-refractivity contribution in [2.45, 2.75) is 56.7 Å². The molecule has 1 aromatic heterocycles. The zero-order valence-electron chi connectivity index (χ0n) is 22.5. The number of rotatable bonds is 8. The largest absolute Gasteiger partial charge is 0.465 e. The summed E-state index contributed by atoms with van der Waals surface area (Å²) in [4.78, 5) is 30.6. The summed E-state index contributed by atoms with van der Waals surface area (Å²) < 4.78 is 34.8. The number of amides is 2. The summed E-state index contributed by atoms with van der Waals surface area (Å²) in [6, 6.07) is 14.0. The van der Waals surface area contributed by atoms with Crippen LogP contribution in [-0.2, 0) is 21.3 Å². The standard InChI is InChI=1S/C27H33N5O6S2/c1-27(2,3)31-40(36,37)23-15-19(30-25(33)34)9-10-21(23)22-17-28-24(39-22)32-13-11-20(12-14-32)38-26(35)29-16-18-7-5-4-6-8-18/h4-10,15,17,20,30-31H,11-14,16H2,1-3H3,(H,29,35)(H,33,34). The second-order valence-electron chi connectivity index (χ2n) is 10.4. The molecule has 1 fully saturated rings. The number of hydrogen-bond acceptors (Lipinski definition) is 8. The molecule has 3 aromatic rings. The van der Waals surface area contributed by atoms with Crippen molar-refractivity contribution >= 4 is 44.4 Å². The number of piperidine rings is 1. The molecule has 2 heterocycles. The predicted molar refractivity (Wildman–Crippen MR) is 154 cm³/mol. The van der Waals surface area contributed by atoms with Gasteiger partial charge in [0.25, 0.3) is 0 Å². The van der Waals surface area contributed by atoms with E-state index in [0.717, 1.165) is 10.7 Å². The summed E-state index contributed by atoms with van der Waals surface area (Å²) in [5, 5.41) is 14.8. The highest BCUT2D eigenvalue weighted by molar-refractivity contribution is 7.89. The summed E-state index contributed by atoms with van der Waals surface area (Å²) in [6.45, 7) is 6.85. The molecule has 0 aliphatic carbocycles. The van der Waals surface area contributed by atoms with Crippen LogP contribution in [0.5, 0.6) is 0 Å². The van der Waals surface area contributed by atoms with Gasteiger partial charge < -0.3 is 20.1 Å². The minimum atomic E-state index is -3.98. The highest BCUT2D eigenvalue weighted by atomic mass is 32.2. The molecule has 0 bridgehead atoms. The molecular formula is C27H33N5O6S2. The van der Waals surface area contributed by atoms with Crippen molar-refractivity contribution in [2.75, 3.05) is 23.3 Å². The van der Waals surface area contributed by atoms with Crippen molar-refractivity contribution in [1.29, 1.82) is 0 Å². The number of alkyl carbamates (subject to hydrolysis) is 1. The topological polar surface area (TPSA) is 150 Å². The molecule has 13 heteroatoms. The number of carbonyl (C=O) groups is 2. The van der Waals surface area contributed by atoms with Gasteiger partial charge >= 0.3 is 12.2 Å². The normalized spacial score (nSPS) is 14.5. The molecule has 0 unspecified atom stereocenters. The highest BCUT2D eigenvalue weighted by Gasteiger charge is 2.28. The monoisotopic (exact) mass is 587 g/mol. The molecule has 4 rings (SSSR count). The van der Waals surface area contributed by atoms with E-state index in [4.69, 9.17) is 9.84 Å². The molecule has 1 aliphatic rings. The molecule has 40 heavy (non-hydrogen) atoms. The van der Waals surface area contributed by atoms with Gasteiger partial charge in [-0.2, -0.15) is 0 Å². The van der Waals surface area contributed by atoms with E-state index in [1.54, 1.807) is 33.0 Å². The molecule has 0 spiro atoms. The van der Waals surface area contributed by atoms with Crippen molar-refractivity contribution in [3.05, 3.63) is 60.3 Å². The van der Waals surface area contributed by atoms with E-state index in [0.29, 0.717) is 42.9 Å². The number of hydrogen-bond donors (Lipinski definition) is 4. The molecule has 1 aliphatic heterocycles. The first kappa shape index (κ1) is 29.3. The number of carboxylic acid groups (broad SMARTS) is 1. The van der Waals surface area contributed by atoms with Crippen molar-refractivity contribution in [3.8, 4) is 10.4 Å². The number of nitrogens with one attached hydrogen (secondary N) is 3. The molecule has 11 nitrogen and oxygen atoms in total. The van der Waals surface area contributed by atoms with Crippen molar-refractivity contribution in [3.63, 3.8) is 0 Å². The zero-order chi connectivity index (χ0) is 28.9. The predicted octanol–water partition coefficient (Wildman–Crippen LogP) is 4.87. The van der Waals surface area contributed by atoms with Gasteiger partial charge in [0, 0.05) is 55.5 Å². The molecule has 2 aromatic carbocycles. The number of aromatic nitrogens is 1. The Kier molecular flexibility index (Phi) is 8.96. The van der Waals surface area contributed by atoms with Crippen LogP contribution in [0.4, 0.5) is 20.4 Å². The number of sulfonamides is 1. The van der Waals surface area contributed by atoms with Crippen LogP contribution >= 0.6 is 11.3 Å². The first-order valence-electron chi connectivity index (χ1n) is 12.8. The Hall–Kier alpha value is -3.68. The molecule has 214 valence electrons. The van der Waals surface area contributed by atoms with E-state index in [9.17, 15) is 18.0 Å². The van der Waals surface area contributed by atoms with Gasteiger partial charge in [-0.25, -0.2) is 27.7 Å². The first-order valence-corrected chi connectivity index (χ1v) is 15.1. The van der Waals surface area contributed by atoms with Gasteiger partial charge in [-0.15, -0.1) is 0 Å². The van der Waals surface area contributed by atoms with Gasteiger partial charge in [0.1, 0.15) is 6.10 Å². The van der Waals surface area contributed by atoms with Gasteiger partial charge in [-0.1, -0.05) is 47.7 Å². The van der Waals surface area contributed by atoms with Crippen LogP contribution in [0.3, 0.4) is 0 Å². The number of thiazole rings is 1. The summed E-state index contributed by atoms with van der Waals surface area (Å²) in [5.41, 5.74) is 0.817. The summed E-state index contributed by atoms with van der Waals surface area (Å²) in [7, 11) is -3.98. The van der Waals surface area contributed by atoms with E-state index in [-0.39, 0.29) is 16.7 Å². The van der Waals surface area contributed by atoms with E-state index in [1.807, 2.05) is 30.3 Å². The lowest BCUT2D eigenvalue weighted by molar-refractivity contribution is 0.0828. The van der Waals surface area contributed by atoms with E-state index < -0.39 is 27.7 Å². The third-order valence-electron chi connectivity index (χ3n) is 5.99. The average molecular weight is 588 g/mol. The second-order valence-corrected chi connectivity index (χ2v) is 13.1. The van der Waals surface area contributed by atoms with E-state index >= 15 is 0 Å². The Morgan fingerprint density at radius 2 is 1.82 bits per heavy atom. The van der Waals surface area contributed by atoms with Gasteiger partial charge in [-0.3, -0.25) is 5.32 Å². The molecule has 1 saturated heterocycles. The van der Waals surface area contributed by atoms with Crippen LogP contribution in [0, 0.1) is 0 Å². The third kappa shape index (κ3) is 7.93. The minimum Gasteiger partial charge on any atom is -0.465 e. The number of benzene rings is 2. The SMILES string of the molecule is CC(C)(C)NS(=O)(=O)c1cc(NC(=O)O)ccc1-c1cnc(N2CCC(OC(=O)NCc3ccccc3)CC2)s1. The number of nitrogens with zero attached hydrogens (tertiary/aromatic N) is 2. The summed E-state index contributed by atoms with van der Waals surface area (Å²) in [6.07, 6.45) is 0.950. The molecular weight excluding hydrogens is 554 g/mol. The minimum absolute atomic E-state index is 0.0440. The fourth-order valence-electron chi connectivity index (χ4n) is 4.27. The lowest BCUT2D eigenvalue weighted by Gasteiger charge is -2.31. The highest BCUT2D eigenvalue weighted by Crippen LogP contribution is 2.37. The fraction of sp³-hybridized carbons (Fsp3) is 0.370. The Bertz CT molecular complexity index is 1450. The van der Waals surface area contributed by atoms with Crippen molar-refractivity contribution in [1.82, 2.24) is 15.0 Å². The smallest absolute Gasteiger partial charge is 0.409 e. The summed E-state index contributed by atoms with van der Waals surface area (Å²) in [5.74, 6) is 0. The van der Waals surface area contributed by atoms with Gasteiger partial charge in [-0.05, 0) is 38.5 Å². The Balaban J connectivity index is 1.43. The number of anilines is 2. The fourth-order valence-corrected chi connectivity index (χ4v) is 7.01. The first-order chi connectivity index (χ1) is 18.9.